The lowest BCUT2D eigenvalue weighted by Gasteiger charge is -2.38. The van der Waals surface area contributed by atoms with Gasteiger partial charge in [0.15, 0.2) is 0 Å². The molecule has 0 N–H and O–H groups in total. The van der Waals surface area contributed by atoms with Gasteiger partial charge in [-0.15, -0.1) is 0 Å². The largest absolute Gasteiger partial charge is 0.340 e. The van der Waals surface area contributed by atoms with Crippen LogP contribution in [0.5, 0.6) is 0 Å². The van der Waals surface area contributed by atoms with Crippen LogP contribution < -0.4 is 0 Å². The minimum atomic E-state index is -0.531. The Hall–Kier alpha value is -2.04. The Balaban J connectivity index is 1.68. The second kappa shape index (κ2) is 6.22. The highest BCUT2D eigenvalue weighted by molar-refractivity contribution is 5.83. The minimum Gasteiger partial charge on any atom is -0.340 e. The summed E-state index contributed by atoms with van der Waals surface area (Å²) in [6.45, 7) is 8.67. The predicted octanol–water partition coefficient (Wildman–Crippen LogP) is 2.67. The van der Waals surface area contributed by atoms with E-state index in [9.17, 15) is 4.79 Å². The Kier molecular flexibility index (Phi) is 4.28. The average Bonchev–Trinajstić information content (AvgIpc) is 3.20. The normalized spacial score (nSPS) is 19.1. The number of aromatic nitrogens is 3. The van der Waals surface area contributed by atoms with Gasteiger partial charge in [-0.2, -0.15) is 0 Å². The summed E-state index contributed by atoms with van der Waals surface area (Å²) in [6, 6.07) is 3.94. The molecule has 2 aromatic heterocycles. The molecule has 1 amide bonds. The lowest BCUT2D eigenvalue weighted by molar-refractivity contribution is -0.141. The van der Waals surface area contributed by atoms with Crippen LogP contribution in [-0.2, 0) is 16.9 Å². The van der Waals surface area contributed by atoms with Crippen LogP contribution in [-0.4, -0.2) is 38.0 Å². The van der Waals surface area contributed by atoms with Crippen molar-refractivity contribution in [3.8, 4) is 0 Å². The summed E-state index contributed by atoms with van der Waals surface area (Å²) in [5, 5.41) is 0. The van der Waals surface area contributed by atoms with Crippen LogP contribution in [0.1, 0.15) is 32.5 Å². The first kappa shape index (κ1) is 15.8. The van der Waals surface area contributed by atoms with E-state index in [1.165, 1.54) is 6.42 Å². The summed E-state index contributed by atoms with van der Waals surface area (Å²) >= 11 is 0. The summed E-state index contributed by atoms with van der Waals surface area (Å²) in [5.41, 5.74) is -0.531. The highest BCUT2D eigenvalue weighted by Gasteiger charge is 2.35. The maximum Gasteiger partial charge on any atom is 0.248 e. The van der Waals surface area contributed by atoms with Crippen molar-refractivity contribution in [2.24, 2.45) is 5.92 Å². The molecular formula is C18H26N4O. The zero-order chi connectivity index (χ0) is 16.4. The van der Waals surface area contributed by atoms with Crippen LogP contribution in [0.25, 0.3) is 0 Å². The lowest BCUT2D eigenvalue weighted by Crippen LogP contribution is -2.50. The van der Waals surface area contributed by atoms with E-state index in [2.05, 4.69) is 9.55 Å². The number of aryl methyl sites for hydroxylation is 1. The summed E-state index contributed by atoms with van der Waals surface area (Å²) in [6.07, 6.45) is 10.1. The molecule has 1 aliphatic rings. The summed E-state index contributed by atoms with van der Waals surface area (Å²) in [7, 11) is 0. The van der Waals surface area contributed by atoms with E-state index in [1.807, 2.05) is 67.2 Å². The molecule has 124 valence electrons. The quantitative estimate of drug-likeness (QED) is 0.871. The van der Waals surface area contributed by atoms with Crippen LogP contribution in [0.3, 0.4) is 0 Å². The molecule has 0 radical (unpaired) electrons. The molecule has 0 unspecified atom stereocenters. The van der Waals surface area contributed by atoms with Crippen molar-refractivity contribution in [2.75, 3.05) is 13.1 Å². The van der Waals surface area contributed by atoms with Crippen molar-refractivity contribution in [2.45, 2.75) is 45.7 Å². The van der Waals surface area contributed by atoms with Gasteiger partial charge in [-0.05, 0) is 51.7 Å². The minimum absolute atomic E-state index is 0.209. The smallest absolute Gasteiger partial charge is 0.248 e. The third-order valence-electron chi connectivity index (χ3n) is 4.96. The summed E-state index contributed by atoms with van der Waals surface area (Å²) in [4.78, 5) is 19.3. The number of nitrogens with zero attached hydrogens (tertiary/aromatic N) is 4. The van der Waals surface area contributed by atoms with Crippen LogP contribution in [0.2, 0.25) is 0 Å². The standard InChI is InChI=1S/C18H26N4O/c1-15-19-8-12-20(15)13-16-7-6-9-21(14-16)17(23)18(2,3)22-10-4-5-11-22/h4-5,8,10-12,16H,6-7,9,13-14H2,1-3H3/t16-/m1/s1. The molecule has 1 fully saturated rings. The molecule has 3 rings (SSSR count). The van der Waals surface area contributed by atoms with E-state index in [4.69, 9.17) is 0 Å². The molecule has 0 aromatic carbocycles. The maximum absolute atomic E-state index is 13.0. The number of likely N-dealkylation sites (tertiary alicyclic amines) is 1. The monoisotopic (exact) mass is 314 g/mol. The zero-order valence-electron chi connectivity index (χ0n) is 14.3. The lowest BCUT2D eigenvalue weighted by atomic mass is 9.95. The van der Waals surface area contributed by atoms with Crippen LogP contribution in [0.15, 0.2) is 36.9 Å². The Bertz CT molecular complexity index is 656. The van der Waals surface area contributed by atoms with Gasteiger partial charge in [0.1, 0.15) is 11.4 Å². The molecule has 3 heterocycles. The van der Waals surface area contributed by atoms with Crippen molar-refractivity contribution in [3.05, 3.63) is 42.7 Å². The van der Waals surface area contributed by atoms with E-state index in [0.717, 1.165) is 31.9 Å². The second-order valence-corrected chi connectivity index (χ2v) is 7.04. The van der Waals surface area contributed by atoms with Gasteiger partial charge in [-0.25, -0.2) is 4.98 Å². The summed E-state index contributed by atoms with van der Waals surface area (Å²) in [5.74, 6) is 1.75. The molecule has 0 saturated carbocycles. The Morgan fingerprint density at radius 3 is 2.70 bits per heavy atom. The topological polar surface area (TPSA) is 43.1 Å². The van der Waals surface area contributed by atoms with E-state index < -0.39 is 5.54 Å². The molecule has 1 aliphatic heterocycles. The van der Waals surface area contributed by atoms with Crippen LogP contribution in [0, 0.1) is 12.8 Å². The molecule has 5 heteroatoms. The van der Waals surface area contributed by atoms with Crippen molar-refractivity contribution in [3.63, 3.8) is 0 Å². The Labute approximate surface area is 137 Å². The molecular weight excluding hydrogens is 288 g/mol. The number of hydrogen-bond donors (Lipinski definition) is 0. The van der Waals surface area contributed by atoms with Gasteiger partial charge in [0.2, 0.25) is 5.91 Å². The number of carbonyl (C=O) groups excluding carboxylic acids is 1. The van der Waals surface area contributed by atoms with Gasteiger partial charge in [0.25, 0.3) is 0 Å². The van der Waals surface area contributed by atoms with Crippen LogP contribution >= 0.6 is 0 Å². The van der Waals surface area contributed by atoms with Gasteiger partial charge in [0, 0.05) is 44.4 Å². The molecule has 2 aromatic rings. The maximum atomic E-state index is 13.0. The van der Waals surface area contributed by atoms with Crippen molar-refractivity contribution >= 4 is 5.91 Å². The average molecular weight is 314 g/mol. The SMILES string of the molecule is Cc1nccn1C[C@H]1CCCN(C(=O)C(C)(C)n2cccc2)C1. The van der Waals surface area contributed by atoms with E-state index in [0.29, 0.717) is 5.92 Å². The first-order valence-electron chi connectivity index (χ1n) is 8.39. The third-order valence-corrected chi connectivity index (χ3v) is 4.96. The van der Waals surface area contributed by atoms with E-state index in [1.54, 1.807) is 0 Å². The molecule has 1 saturated heterocycles. The number of hydrogen-bond acceptors (Lipinski definition) is 2. The Morgan fingerprint density at radius 1 is 1.30 bits per heavy atom. The molecule has 0 bridgehead atoms. The molecule has 5 nitrogen and oxygen atoms in total. The van der Waals surface area contributed by atoms with Crippen LogP contribution in [0.4, 0.5) is 0 Å². The fourth-order valence-corrected chi connectivity index (χ4v) is 3.48. The number of imidazole rings is 1. The fraction of sp³-hybridized carbons (Fsp3) is 0.556. The van der Waals surface area contributed by atoms with Gasteiger partial charge in [-0.3, -0.25) is 4.79 Å². The van der Waals surface area contributed by atoms with Gasteiger partial charge < -0.3 is 14.0 Å². The number of amides is 1. The van der Waals surface area contributed by atoms with Crippen molar-refractivity contribution in [1.82, 2.24) is 19.0 Å². The van der Waals surface area contributed by atoms with E-state index in [-0.39, 0.29) is 5.91 Å². The third kappa shape index (κ3) is 3.19. The van der Waals surface area contributed by atoms with Gasteiger partial charge in [0.05, 0.1) is 0 Å². The van der Waals surface area contributed by atoms with Gasteiger partial charge >= 0.3 is 0 Å². The number of rotatable bonds is 4. The molecule has 1 atom stereocenters. The Morgan fingerprint density at radius 2 is 2.04 bits per heavy atom. The van der Waals surface area contributed by atoms with Gasteiger partial charge in [-0.1, -0.05) is 0 Å². The first-order chi connectivity index (χ1) is 11.0. The fourth-order valence-electron chi connectivity index (χ4n) is 3.48. The zero-order valence-corrected chi connectivity index (χ0v) is 14.3. The predicted molar refractivity (Wildman–Crippen MR) is 90.0 cm³/mol. The number of carbonyl (C=O) groups is 1. The van der Waals surface area contributed by atoms with E-state index >= 15 is 0 Å². The number of piperidine rings is 1. The highest BCUT2D eigenvalue weighted by atomic mass is 16.2. The molecule has 0 aliphatic carbocycles. The molecule has 23 heavy (non-hydrogen) atoms. The second-order valence-electron chi connectivity index (χ2n) is 7.04. The molecule has 0 spiro atoms. The highest BCUT2D eigenvalue weighted by Crippen LogP contribution is 2.25. The first-order valence-corrected chi connectivity index (χ1v) is 8.39. The van der Waals surface area contributed by atoms with Crippen molar-refractivity contribution in [1.29, 1.82) is 0 Å². The van der Waals surface area contributed by atoms with Crippen molar-refractivity contribution < 1.29 is 4.79 Å². The summed E-state index contributed by atoms with van der Waals surface area (Å²) < 4.78 is 4.19.